The van der Waals surface area contributed by atoms with Crippen molar-refractivity contribution < 1.29 is 0 Å². The van der Waals surface area contributed by atoms with Crippen LogP contribution in [-0.2, 0) is 13.1 Å². The van der Waals surface area contributed by atoms with Crippen LogP contribution in [-0.4, -0.2) is 23.6 Å². The molecule has 4 nitrogen and oxygen atoms in total. The summed E-state index contributed by atoms with van der Waals surface area (Å²) in [4.78, 5) is 10.9. The topological polar surface area (TPSA) is 41.1 Å². The van der Waals surface area contributed by atoms with Crippen LogP contribution in [0.1, 0.15) is 18.2 Å². The normalized spacial score (nSPS) is 10.4. The first-order valence-corrected chi connectivity index (χ1v) is 6.57. The third-order valence-corrected chi connectivity index (χ3v) is 3.06. The second-order valence-electron chi connectivity index (χ2n) is 4.37. The monoisotopic (exact) mass is 256 g/mol. The van der Waals surface area contributed by atoms with E-state index in [2.05, 4.69) is 39.2 Å². The van der Waals surface area contributed by atoms with Gasteiger partial charge in [-0.15, -0.1) is 0 Å². The van der Waals surface area contributed by atoms with Crippen molar-refractivity contribution in [1.29, 1.82) is 0 Å². The van der Waals surface area contributed by atoms with Gasteiger partial charge in [-0.1, -0.05) is 6.07 Å². The lowest BCUT2D eigenvalue weighted by molar-refractivity contribution is 0.772. The van der Waals surface area contributed by atoms with Crippen molar-refractivity contribution in [2.24, 2.45) is 0 Å². The summed E-state index contributed by atoms with van der Waals surface area (Å²) in [7, 11) is 1.96. The molecule has 0 aliphatic heterocycles. The third kappa shape index (κ3) is 3.51. The number of rotatable bonds is 6. The van der Waals surface area contributed by atoms with Gasteiger partial charge in [0.15, 0.2) is 0 Å². The Morgan fingerprint density at radius 2 is 2.11 bits per heavy atom. The van der Waals surface area contributed by atoms with Crippen LogP contribution in [0.3, 0.4) is 0 Å². The smallest absolute Gasteiger partial charge is 0.0602 e. The number of pyridine rings is 2. The van der Waals surface area contributed by atoms with Crippen molar-refractivity contribution in [2.45, 2.75) is 20.0 Å². The zero-order valence-corrected chi connectivity index (χ0v) is 11.5. The van der Waals surface area contributed by atoms with Crippen LogP contribution < -0.4 is 10.2 Å². The minimum atomic E-state index is 0.805. The predicted molar refractivity (Wildman–Crippen MR) is 78.0 cm³/mol. The standard InChI is InChI=1S/C15H20N4/c1-3-19(12-14-6-4-5-8-18-14)15-11-17-9-7-13(15)10-16-2/h4-9,11,16H,3,10,12H2,1-2H3. The van der Waals surface area contributed by atoms with E-state index >= 15 is 0 Å². The number of hydrogen-bond donors (Lipinski definition) is 1. The molecule has 2 heterocycles. The maximum Gasteiger partial charge on any atom is 0.0602 e. The highest BCUT2D eigenvalue weighted by atomic mass is 15.1. The van der Waals surface area contributed by atoms with Crippen molar-refractivity contribution in [2.75, 3.05) is 18.5 Å². The molecule has 100 valence electrons. The molecule has 4 heteroatoms. The van der Waals surface area contributed by atoms with Crippen molar-refractivity contribution in [3.05, 3.63) is 54.1 Å². The Bertz CT molecular complexity index is 499. The highest BCUT2D eigenvalue weighted by Crippen LogP contribution is 2.20. The average Bonchev–Trinajstić information content (AvgIpc) is 2.47. The molecule has 0 saturated heterocycles. The average molecular weight is 256 g/mol. The van der Waals surface area contributed by atoms with Gasteiger partial charge in [-0.25, -0.2) is 0 Å². The van der Waals surface area contributed by atoms with Crippen molar-refractivity contribution in [1.82, 2.24) is 15.3 Å². The summed E-state index contributed by atoms with van der Waals surface area (Å²) < 4.78 is 0. The molecule has 2 rings (SSSR count). The van der Waals surface area contributed by atoms with Crippen LogP contribution in [0.4, 0.5) is 5.69 Å². The molecular weight excluding hydrogens is 236 g/mol. The molecule has 2 aromatic heterocycles. The Kier molecular flexibility index (Phi) is 4.86. The molecule has 0 atom stereocenters. The zero-order chi connectivity index (χ0) is 13.5. The van der Waals surface area contributed by atoms with Gasteiger partial charge in [-0.2, -0.15) is 0 Å². The van der Waals surface area contributed by atoms with Gasteiger partial charge in [-0.3, -0.25) is 9.97 Å². The van der Waals surface area contributed by atoms with Gasteiger partial charge in [-0.05, 0) is 37.7 Å². The summed E-state index contributed by atoms with van der Waals surface area (Å²) in [6.45, 7) is 4.73. The maximum atomic E-state index is 4.39. The zero-order valence-electron chi connectivity index (χ0n) is 11.5. The summed E-state index contributed by atoms with van der Waals surface area (Å²) in [5.41, 5.74) is 3.50. The lowest BCUT2D eigenvalue weighted by Gasteiger charge is -2.25. The molecule has 0 unspecified atom stereocenters. The predicted octanol–water partition coefficient (Wildman–Crippen LogP) is 2.22. The van der Waals surface area contributed by atoms with Gasteiger partial charge in [0.1, 0.15) is 0 Å². The van der Waals surface area contributed by atoms with Gasteiger partial charge >= 0.3 is 0 Å². The van der Waals surface area contributed by atoms with E-state index in [9.17, 15) is 0 Å². The van der Waals surface area contributed by atoms with E-state index in [4.69, 9.17) is 0 Å². The molecule has 1 N–H and O–H groups in total. The molecular formula is C15H20N4. The fourth-order valence-electron chi connectivity index (χ4n) is 2.09. The van der Waals surface area contributed by atoms with E-state index in [1.54, 1.807) is 0 Å². The summed E-state index contributed by atoms with van der Waals surface area (Å²) in [5, 5.41) is 3.20. The Balaban J connectivity index is 2.22. The van der Waals surface area contributed by atoms with Gasteiger partial charge in [0, 0.05) is 25.5 Å². The Labute approximate surface area is 114 Å². The molecule has 0 amide bonds. The Hall–Kier alpha value is -1.94. The lowest BCUT2D eigenvalue weighted by atomic mass is 10.2. The van der Waals surface area contributed by atoms with Crippen molar-refractivity contribution in [3.8, 4) is 0 Å². The molecule has 2 aromatic rings. The van der Waals surface area contributed by atoms with E-state index in [0.717, 1.165) is 25.3 Å². The highest BCUT2D eigenvalue weighted by Gasteiger charge is 2.10. The molecule has 0 fully saturated rings. The highest BCUT2D eigenvalue weighted by molar-refractivity contribution is 5.51. The summed E-state index contributed by atoms with van der Waals surface area (Å²) >= 11 is 0. The van der Waals surface area contributed by atoms with Gasteiger partial charge < -0.3 is 10.2 Å². The molecule has 19 heavy (non-hydrogen) atoms. The number of nitrogens with zero attached hydrogens (tertiary/aromatic N) is 3. The molecule has 0 spiro atoms. The summed E-state index contributed by atoms with van der Waals surface area (Å²) in [6.07, 6.45) is 5.60. The van der Waals surface area contributed by atoms with Crippen molar-refractivity contribution in [3.63, 3.8) is 0 Å². The van der Waals surface area contributed by atoms with E-state index < -0.39 is 0 Å². The number of hydrogen-bond acceptors (Lipinski definition) is 4. The van der Waals surface area contributed by atoms with E-state index in [-0.39, 0.29) is 0 Å². The van der Waals surface area contributed by atoms with Gasteiger partial charge in [0.05, 0.1) is 24.1 Å². The summed E-state index contributed by atoms with van der Waals surface area (Å²) in [5.74, 6) is 0. The van der Waals surface area contributed by atoms with Crippen LogP contribution in [0.15, 0.2) is 42.9 Å². The molecule has 0 radical (unpaired) electrons. The number of anilines is 1. The second-order valence-corrected chi connectivity index (χ2v) is 4.37. The Morgan fingerprint density at radius 3 is 2.79 bits per heavy atom. The van der Waals surface area contributed by atoms with Crippen LogP contribution in [0, 0.1) is 0 Å². The van der Waals surface area contributed by atoms with Crippen LogP contribution in [0.5, 0.6) is 0 Å². The van der Waals surface area contributed by atoms with Gasteiger partial charge in [0.25, 0.3) is 0 Å². The largest absolute Gasteiger partial charge is 0.364 e. The SMILES string of the molecule is CCN(Cc1ccccn1)c1cnccc1CNC. The molecule has 0 saturated carbocycles. The van der Waals surface area contributed by atoms with Crippen LogP contribution in [0.25, 0.3) is 0 Å². The quantitative estimate of drug-likeness (QED) is 0.860. The minimum Gasteiger partial charge on any atom is -0.364 e. The molecule has 0 aliphatic rings. The van der Waals surface area contributed by atoms with Gasteiger partial charge in [0.2, 0.25) is 0 Å². The number of nitrogens with one attached hydrogen (secondary N) is 1. The van der Waals surface area contributed by atoms with E-state index in [1.807, 2.05) is 37.8 Å². The van der Waals surface area contributed by atoms with Crippen LogP contribution >= 0.6 is 0 Å². The van der Waals surface area contributed by atoms with E-state index in [0.29, 0.717) is 0 Å². The lowest BCUT2D eigenvalue weighted by Crippen LogP contribution is -2.24. The molecule has 0 aliphatic carbocycles. The first-order valence-electron chi connectivity index (χ1n) is 6.57. The first-order chi connectivity index (χ1) is 9.35. The fourth-order valence-corrected chi connectivity index (χ4v) is 2.09. The third-order valence-electron chi connectivity index (χ3n) is 3.06. The first kappa shape index (κ1) is 13.5. The van der Waals surface area contributed by atoms with E-state index in [1.165, 1.54) is 11.3 Å². The maximum absolute atomic E-state index is 4.39. The number of aromatic nitrogens is 2. The second kappa shape index (κ2) is 6.85. The minimum absolute atomic E-state index is 0.805. The fraction of sp³-hybridized carbons (Fsp3) is 0.333. The van der Waals surface area contributed by atoms with Crippen LogP contribution in [0.2, 0.25) is 0 Å². The van der Waals surface area contributed by atoms with Crippen molar-refractivity contribution >= 4 is 5.69 Å². The molecule has 0 bridgehead atoms. The molecule has 0 aromatic carbocycles. The Morgan fingerprint density at radius 1 is 1.21 bits per heavy atom. The summed E-state index contributed by atoms with van der Waals surface area (Å²) in [6, 6.07) is 8.08.